The van der Waals surface area contributed by atoms with Gasteiger partial charge >= 0.3 is 0 Å². The molecule has 2 N–H and O–H groups in total. The van der Waals surface area contributed by atoms with Crippen LogP contribution in [-0.2, 0) is 0 Å². The third-order valence-corrected chi connectivity index (χ3v) is 3.09. The second kappa shape index (κ2) is 5.69. The van der Waals surface area contributed by atoms with Crippen molar-refractivity contribution in [3.63, 3.8) is 0 Å². The van der Waals surface area contributed by atoms with Crippen molar-refractivity contribution in [2.75, 3.05) is 5.32 Å². The molecule has 2 rings (SSSR count). The van der Waals surface area contributed by atoms with Gasteiger partial charge in [-0.05, 0) is 42.8 Å². The summed E-state index contributed by atoms with van der Waals surface area (Å²) in [5.41, 5.74) is 0.816. The van der Waals surface area contributed by atoms with Gasteiger partial charge in [-0.25, -0.2) is 4.39 Å². The fraction of sp³-hybridized carbons (Fsp3) is 0.0714. The number of carbonyl (C=O) groups excluding carboxylic acids is 1. The zero-order valence-corrected chi connectivity index (χ0v) is 11.9. The first kappa shape index (κ1) is 14.6. The Morgan fingerprint density at radius 3 is 2.55 bits per heavy atom. The van der Waals surface area contributed by atoms with Gasteiger partial charge in [-0.3, -0.25) is 4.79 Å². The van der Waals surface area contributed by atoms with Gasteiger partial charge in [0.05, 0.1) is 10.7 Å². The number of amides is 1. The molecule has 0 aliphatic heterocycles. The molecule has 0 bridgehead atoms. The van der Waals surface area contributed by atoms with Crippen molar-refractivity contribution in [1.82, 2.24) is 0 Å². The molecular weight excluding hydrogens is 304 g/mol. The number of anilines is 1. The monoisotopic (exact) mass is 313 g/mol. The molecule has 104 valence electrons. The zero-order chi connectivity index (χ0) is 14.9. The van der Waals surface area contributed by atoms with Crippen LogP contribution in [0.4, 0.5) is 10.1 Å². The molecule has 0 aliphatic carbocycles. The summed E-state index contributed by atoms with van der Waals surface area (Å²) in [6.07, 6.45) is 0. The zero-order valence-electron chi connectivity index (χ0n) is 10.4. The van der Waals surface area contributed by atoms with Crippen LogP contribution in [0.2, 0.25) is 10.0 Å². The maximum Gasteiger partial charge on any atom is 0.255 e. The topological polar surface area (TPSA) is 49.3 Å². The first-order valence-electron chi connectivity index (χ1n) is 5.63. The Morgan fingerprint density at radius 2 is 1.90 bits per heavy atom. The van der Waals surface area contributed by atoms with Crippen LogP contribution < -0.4 is 5.32 Å². The summed E-state index contributed by atoms with van der Waals surface area (Å²) in [6.45, 7) is 1.67. The molecule has 0 aliphatic rings. The van der Waals surface area contributed by atoms with Crippen LogP contribution in [0.25, 0.3) is 0 Å². The quantitative estimate of drug-likeness (QED) is 0.807. The Bertz CT molecular complexity index is 669. The molecule has 1 amide bonds. The molecule has 0 heterocycles. The standard InChI is InChI=1S/C14H10Cl2FNO2/c1-7-2-8(4-10(17)3-7)14(20)18-12-6-9(15)5-11(16)13(12)19/h2-6,19H,1H3,(H,18,20). The van der Waals surface area contributed by atoms with E-state index >= 15 is 0 Å². The van der Waals surface area contributed by atoms with Gasteiger partial charge in [0.15, 0.2) is 5.75 Å². The fourth-order valence-corrected chi connectivity index (χ4v) is 2.22. The highest BCUT2D eigenvalue weighted by Gasteiger charge is 2.13. The number of benzene rings is 2. The van der Waals surface area contributed by atoms with Gasteiger partial charge in [0.2, 0.25) is 0 Å². The summed E-state index contributed by atoms with van der Waals surface area (Å²) in [7, 11) is 0. The van der Waals surface area contributed by atoms with Crippen molar-refractivity contribution < 1.29 is 14.3 Å². The van der Waals surface area contributed by atoms with Crippen molar-refractivity contribution in [3.05, 3.63) is 57.3 Å². The van der Waals surface area contributed by atoms with E-state index in [-0.39, 0.29) is 27.0 Å². The number of aryl methyl sites for hydroxylation is 1. The third kappa shape index (κ3) is 3.21. The predicted molar refractivity (Wildman–Crippen MR) is 77.2 cm³/mol. The predicted octanol–water partition coefficient (Wildman–Crippen LogP) is 4.40. The Balaban J connectivity index is 2.32. The molecule has 2 aromatic rings. The Kier molecular flexibility index (Phi) is 4.16. The minimum Gasteiger partial charge on any atom is -0.504 e. The van der Waals surface area contributed by atoms with Crippen molar-refractivity contribution in [2.24, 2.45) is 0 Å². The molecule has 0 spiro atoms. The molecule has 6 heteroatoms. The lowest BCUT2D eigenvalue weighted by molar-refractivity contribution is 0.102. The van der Waals surface area contributed by atoms with Gasteiger partial charge in [0.25, 0.3) is 5.91 Å². The molecule has 0 radical (unpaired) electrons. The fourth-order valence-electron chi connectivity index (χ4n) is 1.72. The van der Waals surface area contributed by atoms with Crippen molar-refractivity contribution in [2.45, 2.75) is 6.92 Å². The average Bonchev–Trinajstić information content (AvgIpc) is 2.34. The first-order chi connectivity index (χ1) is 9.36. The molecule has 0 atom stereocenters. The van der Waals surface area contributed by atoms with E-state index in [1.54, 1.807) is 6.92 Å². The second-order valence-electron chi connectivity index (χ2n) is 4.26. The molecule has 0 aromatic heterocycles. The van der Waals surface area contributed by atoms with Crippen LogP contribution in [-0.4, -0.2) is 11.0 Å². The van der Waals surface area contributed by atoms with Gasteiger partial charge < -0.3 is 10.4 Å². The number of nitrogens with one attached hydrogen (secondary N) is 1. The number of phenols is 1. The van der Waals surface area contributed by atoms with E-state index in [1.165, 1.54) is 24.3 Å². The summed E-state index contributed by atoms with van der Waals surface area (Å²) in [5.74, 6) is -1.37. The van der Waals surface area contributed by atoms with Gasteiger partial charge in [-0.1, -0.05) is 23.2 Å². The molecule has 0 unspecified atom stereocenters. The molecule has 0 saturated heterocycles. The van der Waals surface area contributed by atoms with Crippen LogP contribution in [0.1, 0.15) is 15.9 Å². The van der Waals surface area contributed by atoms with E-state index in [1.807, 2.05) is 0 Å². The molecule has 3 nitrogen and oxygen atoms in total. The maximum atomic E-state index is 13.3. The number of hydrogen-bond donors (Lipinski definition) is 2. The molecule has 0 saturated carbocycles. The van der Waals surface area contributed by atoms with Crippen LogP contribution >= 0.6 is 23.2 Å². The van der Waals surface area contributed by atoms with Crippen LogP contribution in [0.3, 0.4) is 0 Å². The van der Waals surface area contributed by atoms with Crippen molar-refractivity contribution in [3.8, 4) is 5.75 Å². The SMILES string of the molecule is Cc1cc(F)cc(C(=O)Nc2cc(Cl)cc(Cl)c2O)c1. The molecule has 0 fully saturated rings. The second-order valence-corrected chi connectivity index (χ2v) is 5.10. The summed E-state index contributed by atoms with van der Waals surface area (Å²) < 4.78 is 13.3. The number of hydrogen-bond acceptors (Lipinski definition) is 2. The molecular formula is C14H10Cl2FNO2. The van der Waals surface area contributed by atoms with Gasteiger partial charge in [-0.2, -0.15) is 0 Å². The Hall–Kier alpha value is -1.78. The highest BCUT2D eigenvalue weighted by atomic mass is 35.5. The highest BCUT2D eigenvalue weighted by Crippen LogP contribution is 2.35. The summed E-state index contributed by atoms with van der Waals surface area (Å²) in [4.78, 5) is 12.0. The first-order valence-corrected chi connectivity index (χ1v) is 6.39. The van der Waals surface area contributed by atoms with Crippen molar-refractivity contribution in [1.29, 1.82) is 0 Å². The van der Waals surface area contributed by atoms with E-state index < -0.39 is 11.7 Å². The normalized spacial score (nSPS) is 10.4. The average molecular weight is 314 g/mol. The summed E-state index contributed by atoms with van der Waals surface area (Å²) in [6, 6.07) is 6.64. The lowest BCUT2D eigenvalue weighted by Crippen LogP contribution is -2.12. The number of carbonyl (C=O) groups is 1. The number of aromatic hydroxyl groups is 1. The summed E-state index contributed by atoms with van der Waals surface area (Å²) >= 11 is 11.5. The largest absolute Gasteiger partial charge is 0.504 e. The van der Waals surface area contributed by atoms with Crippen LogP contribution in [0.15, 0.2) is 30.3 Å². The smallest absolute Gasteiger partial charge is 0.255 e. The molecule has 20 heavy (non-hydrogen) atoms. The third-order valence-electron chi connectivity index (χ3n) is 2.58. The van der Waals surface area contributed by atoms with Crippen LogP contribution in [0, 0.1) is 12.7 Å². The van der Waals surface area contributed by atoms with E-state index in [4.69, 9.17) is 23.2 Å². The van der Waals surface area contributed by atoms with E-state index in [0.717, 1.165) is 6.07 Å². The molecule has 2 aromatic carbocycles. The lowest BCUT2D eigenvalue weighted by Gasteiger charge is -2.09. The maximum absolute atomic E-state index is 13.3. The van der Waals surface area contributed by atoms with Crippen molar-refractivity contribution >= 4 is 34.8 Å². The number of phenolic OH excluding ortho intramolecular Hbond substituents is 1. The van der Waals surface area contributed by atoms with Gasteiger partial charge in [-0.15, -0.1) is 0 Å². The minimum atomic E-state index is -0.568. The van der Waals surface area contributed by atoms with E-state index in [9.17, 15) is 14.3 Å². The Morgan fingerprint density at radius 1 is 1.20 bits per heavy atom. The van der Waals surface area contributed by atoms with E-state index in [2.05, 4.69) is 5.32 Å². The van der Waals surface area contributed by atoms with Gasteiger partial charge in [0.1, 0.15) is 5.82 Å². The summed E-state index contributed by atoms with van der Waals surface area (Å²) in [5, 5.41) is 12.5. The van der Waals surface area contributed by atoms with Crippen LogP contribution in [0.5, 0.6) is 5.75 Å². The minimum absolute atomic E-state index is 0.0169. The van der Waals surface area contributed by atoms with Gasteiger partial charge in [0, 0.05) is 10.6 Å². The van der Waals surface area contributed by atoms with E-state index in [0.29, 0.717) is 5.56 Å². The Labute approximate surface area is 124 Å². The highest BCUT2D eigenvalue weighted by molar-refractivity contribution is 6.36. The number of rotatable bonds is 2. The number of halogens is 3. The lowest BCUT2D eigenvalue weighted by atomic mass is 10.1.